The molecule has 1 N–H and O–H groups in total. The molecule has 118 valence electrons. The van der Waals surface area contributed by atoms with Crippen molar-refractivity contribution < 1.29 is 14.5 Å². The van der Waals surface area contributed by atoms with Gasteiger partial charge in [0.05, 0.1) is 23.8 Å². The predicted molar refractivity (Wildman–Crippen MR) is 88.4 cm³/mol. The van der Waals surface area contributed by atoms with Crippen LogP contribution in [-0.2, 0) is 24.2 Å². The third-order valence-electron chi connectivity index (χ3n) is 4.67. The number of nitrogens with zero attached hydrogens (tertiary/aromatic N) is 2. The Morgan fingerprint density at radius 1 is 1.29 bits per heavy atom. The van der Waals surface area contributed by atoms with Crippen LogP contribution in [0.15, 0.2) is 36.4 Å². The van der Waals surface area contributed by atoms with Crippen LogP contribution in [0, 0.1) is 11.3 Å². The molecular weight excluding hydrogens is 303 g/mol. The van der Waals surface area contributed by atoms with Gasteiger partial charge in [0.2, 0.25) is 0 Å². The van der Waals surface area contributed by atoms with E-state index in [1.54, 1.807) is 11.0 Å². The van der Waals surface area contributed by atoms with Crippen LogP contribution in [0.5, 0.6) is 0 Å². The first-order valence-electron chi connectivity index (χ1n) is 7.90. The van der Waals surface area contributed by atoms with Gasteiger partial charge in [0.1, 0.15) is 0 Å². The number of hydrogen-bond donors (Lipinski definition) is 1. The lowest BCUT2D eigenvalue weighted by atomic mass is 9.79. The number of carbonyl (C=O) groups is 1. The molecule has 2 aliphatic heterocycles. The van der Waals surface area contributed by atoms with E-state index in [1.807, 2.05) is 30.3 Å². The van der Waals surface area contributed by atoms with Gasteiger partial charge in [0.25, 0.3) is 5.91 Å². The molecule has 5 nitrogen and oxygen atoms in total. The van der Waals surface area contributed by atoms with Gasteiger partial charge in [0.15, 0.2) is 0 Å². The quantitative estimate of drug-likeness (QED) is 0.838. The van der Waals surface area contributed by atoms with Crippen molar-refractivity contribution >= 4 is 18.5 Å². The van der Waals surface area contributed by atoms with E-state index in [4.69, 9.17) is 4.65 Å². The summed E-state index contributed by atoms with van der Waals surface area (Å²) in [5.41, 5.74) is 4.59. The van der Waals surface area contributed by atoms with Crippen molar-refractivity contribution in [1.29, 1.82) is 5.26 Å². The first-order valence-corrected chi connectivity index (χ1v) is 7.90. The van der Waals surface area contributed by atoms with E-state index in [9.17, 15) is 15.1 Å². The number of fused-ring (bicyclic) bond motifs is 2. The van der Waals surface area contributed by atoms with E-state index in [0.717, 1.165) is 28.6 Å². The van der Waals surface area contributed by atoms with Crippen LogP contribution in [0.1, 0.15) is 32.6 Å². The number of benzene rings is 2. The van der Waals surface area contributed by atoms with Gasteiger partial charge in [-0.15, -0.1) is 0 Å². The molecule has 24 heavy (non-hydrogen) atoms. The second-order valence-electron chi connectivity index (χ2n) is 6.12. The Labute approximate surface area is 140 Å². The van der Waals surface area contributed by atoms with Gasteiger partial charge < -0.3 is 14.6 Å². The van der Waals surface area contributed by atoms with Crippen LogP contribution in [0.2, 0.25) is 0 Å². The molecule has 0 aromatic heterocycles. The van der Waals surface area contributed by atoms with Gasteiger partial charge in [-0.2, -0.15) is 5.26 Å². The average molecular weight is 318 g/mol. The summed E-state index contributed by atoms with van der Waals surface area (Å²) < 4.78 is 5.21. The highest BCUT2D eigenvalue weighted by Gasteiger charge is 2.29. The van der Waals surface area contributed by atoms with E-state index < -0.39 is 7.12 Å². The molecule has 2 heterocycles. The topological polar surface area (TPSA) is 73.6 Å². The summed E-state index contributed by atoms with van der Waals surface area (Å²) >= 11 is 0. The van der Waals surface area contributed by atoms with Crippen molar-refractivity contribution in [3.05, 3.63) is 64.2 Å². The zero-order valence-corrected chi connectivity index (χ0v) is 13.0. The minimum atomic E-state index is -0.886. The Morgan fingerprint density at radius 3 is 3.00 bits per heavy atom. The van der Waals surface area contributed by atoms with Crippen molar-refractivity contribution in [2.45, 2.75) is 19.6 Å². The molecule has 2 aromatic rings. The summed E-state index contributed by atoms with van der Waals surface area (Å²) in [5.74, 6) is -0.106. The van der Waals surface area contributed by atoms with Gasteiger partial charge in [0, 0.05) is 13.1 Å². The number of carbonyl (C=O) groups excluding carboxylic acids is 1. The van der Waals surface area contributed by atoms with Gasteiger partial charge in [-0.1, -0.05) is 30.3 Å². The molecule has 6 heteroatoms. The maximum Gasteiger partial charge on any atom is 0.491 e. The number of hydrogen-bond acceptors (Lipinski definition) is 4. The minimum Gasteiger partial charge on any atom is -0.423 e. The van der Waals surface area contributed by atoms with Crippen molar-refractivity contribution in [2.75, 3.05) is 6.54 Å². The van der Waals surface area contributed by atoms with E-state index >= 15 is 0 Å². The Morgan fingerprint density at radius 2 is 2.17 bits per heavy atom. The first kappa shape index (κ1) is 14.9. The Hall–Kier alpha value is -2.62. The Bertz CT molecular complexity index is 875. The number of nitriles is 1. The largest absolute Gasteiger partial charge is 0.491 e. The molecule has 0 aliphatic carbocycles. The normalized spacial score (nSPS) is 15.9. The summed E-state index contributed by atoms with van der Waals surface area (Å²) in [7, 11) is -0.886. The molecule has 0 atom stereocenters. The molecule has 2 aromatic carbocycles. The highest BCUT2D eigenvalue weighted by atomic mass is 16.5. The van der Waals surface area contributed by atoms with Crippen LogP contribution in [0.4, 0.5) is 0 Å². The Kier molecular flexibility index (Phi) is 3.60. The standard InChI is InChI=1S/C18H15BN2O3/c20-9-14-3-1-2-13-6-7-21(18(22)17(13)14)10-12-4-5-15-11-24-19(23)16(15)8-12/h1-5,8,23H,6-7,10-11H2. The minimum absolute atomic E-state index is 0.106. The smallest absolute Gasteiger partial charge is 0.423 e. The van der Waals surface area contributed by atoms with Gasteiger partial charge in [-0.3, -0.25) is 4.79 Å². The molecular formula is C18H15BN2O3. The molecule has 2 aliphatic rings. The van der Waals surface area contributed by atoms with Crippen molar-refractivity contribution in [3.8, 4) is 6.07 Å². The van der Waals surface area contributed by atoms with Crippen LogP contribution in [-0.4, -0.2) is 29.5 Å². The van der Waals surface area contributed by atoms with Gasteiger partial charge in [-0.25, -0.2) is 0 Å². The second kappa shape index (κ2) is 5.79. The lowest BCUT2D eigenvalue weighted by molar-refractivity contribution is 0.0726. The fourth-order valence-electron chi connectivity index (χ4n) is 3.40. The summed E-state index contributed by atoms with van der Waals surface area (Å²) in [6.07, 6.45) is 0.743. The van der Waals surface area contributed by atoms with E-state index in [0.29, 0.717) is 30.8 Å². The molecule has 0 radical (unpaired) electrons. The number of rotatable bonds is 2. The molecule has 1 amide bonds. The van der Waals surface area contributed by atoms with E-state index in [2.05, 4.69) is 6.07 Å². The molecule has 0 spiro atoms. The fourth-order valence-corrected chi connectivity index (χ4v) is 3.40. The predicted octanol–water partition coefficient (Wildman–Crippen LogP) is 0.974. The third kappa shape index (κ3) is 2.39. The molecule has 0 bridgehead atoms. The van der Waals surface area contributed by atoms with Crippen molar-refractivity contribution in [2.24, 2.45) is 0 Å². The van der Waals surface area contributed by atoms with Crippen LogP contribution in [0.3, 0.4) is 0 Å². The van der Waals surface area contributed by atoms with Crippen molar-refractivity contribution in [1.82, 2.24) is 4.90 Å². The zero-order valence-electron chi connectivity index (χ0n) is 13.0. The monoisotopic (exact) mass is 318 g/mol. The van der Waals surface area contributed by atoms with Crippen molar-refractivity contribution in [3.63, 3.8) is 0 Å². The van der Waals surface area contributed by atoms with Crippen LogP contribution < -0.4 is 5.46 Å². The first-order chi connectivity index (χ1) is 11.7. The lowest BCUT2D eigenvalue weighted by Crippen LogP contribution is -2.38. The second-order valence-corrected chi connectivity index (χ2v) is 6.12. The molecule has 0 saturated heterocycles. The summed E-state index contributed by atoms with van der Waals surface area (Å²) in [6.45, 7) is 1.49. The fraction of sp³-hybridized carbons (Fsp3) is 0.222. The van der Waals surface area contributed by atoms with E-state index in [-0.39, 0.29) is 5.91 Å². The zero-order chi connectivity index (χ0) is 16.7. The summed E-state index contributed by atoms with van der Waals surface area (Å²) in [5, 5.41) is 19.1. The van der Waals surface area contributed by atoms with Gasteiger partial charge in [-0.05, 0) is 34.6 Å². The highest BCUT2D eigenvalue weighted by Crippen LogP contribution is 2.24. The summed E-state index contributed by atoms with van der Waals surface area (Å²) in [6, 6.07) is 13.3. The highest BCUT2D eigenvalue weighted by molar-refractivity contribution is 6.61. The third-order valence-corrected chi connectivity index (χ3v) is 4.67. The van der Waals surface area contributed by atoms with Crippen LogP contribution >= 0.6 is 0 Å². The molecule has 4 rings (SSSR count). The molecule has 0 unspecified atom stereocenters. The van der Waals surface area contributed by atoms with E-state index in [1.165, 1.54) is 0 Å². The lowest BCUT2D eigenvalue weighted by Gasteiger charge is -2.29. The molecule has 0 saturated carbocycles. The number of amides is 1. The maximum atomic E-state index is 12.8. The summed E-state index contributed by atoms with van der Waals surface area (Å²) in [4.78, 5) is 14.6. The van der Waals surface area contributed by atoms with Crippen LogP contribution in [0.25, 0.3) is 0 Å². The maximum absolute atomic E-state index is 12.8. The Balaban J connectivity index is 1.62. The SMILES string of the molecule is N#Cc1cccc2c1C(=O)N(Cc1ccc3c(c1)B(O)OC3)CC2. The average Bonchev–Trinajstić information content (AvgIpc) is 2.97. The molecule has 0 fully saturated rings. The van der Waals surface area contributed by atoms with Gasteiger partial charge >= 0.3 is 7.12 Å².